The molecule has 0 amide bonds. The topological polar surface area (TPSA) is 79.6 Å². The minimum Gasteiger partial charge on any atom is -0.444 e. The highest BCUT2D eigenvalue weighted by Gasteiger charge is 2.05. The largest absolute Gasteiger partial charge is 0.444 e. The van der Waals surface area contributed by atoms with E-state index in [1.807, 2.05) is 0 Å². The highest BCUT2D eigenvalue weighted by Crippen LogP contribution is 2.02. The van der Waals surface area contributed by atoms with Crippen LogP contribution in [0.2, 0.25) is 0 Å². The second kappa shape index (κ2) is 3.26. The van der Waals surface area contributed by atoms with E-state index >= 15 is 0 Å². The molecule has 2 N–H and O–H groups in total. The number of hydrogen-bond donors (Lipinski definition) is 2. The summed E-state index contributed by atoms with van der Waals surface area (Å²) in [6.45, 7) is 2.03. The average molecular weight is 212 g/mol. The molecular weight excluding hydrogens is 204 g/mol. The Hall–Kier alpha value is -1.63. The van der Waals surface area contributed by atoms with Crippen LogP contribution >= 0.6 is 12.2 Å². The monoisotopic (exact) mass is 212 g/mol. The van der Waals surface area contributed by atoms with Gasteiger partial charge in [0.05, 0.1) is 6.20 Å². The molecule has 0 aliphatic carbocycles. The second-order valence-electron chi connectivity index (χ2n) is 2.81. The van der Waals surface area contributed by atoms with Crippen molar-refractivity contribution in [3.05, 3.63) is 33.1 Å². The fraction of sp³-hybridized carbons (Fsp3) is 0.286. The molecule has 0 fully saturated rings. The van der Waals surface area contributed by atoms with Crippen LogP contribution in [0.5, 0.6) is 0 Å². The number of hydrogen-bond acceptors (Lipinski definition) is 4. The zero-order chi connectivity index (χ0) is 10.1. The van der Waals surface area contributed by atoms with E-state index < -0.39 is 0 Å². The van der Waals surface area contributed by atoms with Crippen LogP contribution in [0.25, 0.3) is 0 Å². The van der Waals surface area contributed by atoms with E-state index in [-0.39, 0.29) is 12.2 Å². The molecule has 0 saturated heterocycles. The SMILES string of the molecule is Cc1cnc(Cn2c(=O)[nH][nH]c2=S)o1. The van der Waals surface area contributed by atoms with Crippen LogP contribution in [0.3, 0.4) is 0 Å². The summed E-state index contributed by atoms with van der Waals surface area (Å²) in [6, 6.07) is 0. The number of aromatic nitrogens is 4. The van der Waals surface area contributed by atoms with Gasteiger partial charge in [-0.25, -0.2) is 14.9 Å². The fourth-order valence-electron chi connectivity index (χ4n) is 1.09. The lowest BCUT2D eigenvalue weighted by molar-refractivity contribution is 0.453. The lowest BCUT2D eigenvalue weighted by atomic mass is 10.6. The molecule has 0 unspecified atom stereocenters. The lowest BCUT2D eigenvalue weighted by Gasteiger charge is -1.93. The van der Waals surface area contributed by atoms with Crippen LogP contribution in [0.4, 0.5) is 0 Å². The van der Waals surface area contributed by atoms with Crippen LogP contribution in [0.1, 0.15) is 11.7 Å². The number of oxazole rings is 1. The van der Waals surface area contributed by atoms with E-state index in [1.165, 1.54) is 4.57 Å². The van der Waals surface area contributed by atoms with Crippen LogP contribution in [-0.4, -0.2) is 19.7 Å². The number of rotatable bonds is 2. The van der Waals surface area contributed by atoms with E-state index in [9.17, 15) is 4.79 Å². The molecule has 2 heterocycles. The maximum Gasteiger partial charge on any atom is 0.342 e. The Labute approximate surface area is 83.6 Å². The van der Waals surface area contributed by atoms with Crippen molar-refractivity contribution < 1.29 is 4.42 Å². The molecule has 0 spiro atoms. The number of aryl methyl sites for hydroxylation is 1. The molecule has 0 aliphatic rings. The number of H-pyrrole nitrogens is 2. The Morgan fingerprint density at radius 3 is 2.93 bits per heavy atom. The fourth-order valence-corrected chi connectivity index (χ4v) is 1.29. The zero-order valence-electron chi connectivity index (χ0n) is 7.40. The molecule has 0 bridgehead atoms. The Bertz CT molecular complexity index is 519. The van der Waals surface area contributed by atoms with Crippen molar-refractivity contribution in [2.75, 3.05) is 0 Å². The van der Waals surface area contributed by atoms with Gasteiger partial charge in [-0.3, -0.25) is 9.67 Å². The molecule has 0 radical (unpaired) electrons. The average Bonchev–Trinajstić information content (AvgIpc) is 2.67. The minimum absolute atomic E-state index is 0.242. The Morgan fingerprint density at radius 2 is 2.43 bits per heavy atom. The minimum atomic E-state index is -0.300. The van der Waals surface area contributed by atoms with Crippen LogP contribution in [0.15, 0.2) is 15.4 Å². The predicted octanol–water partition coefficient (Wildman–Crippen LogP) is 0.579. The van der Waals surface area contributed by atoms with Gasteiger partial charge in [0.2, 0.25) is 5.89 Å². The molecule has 14 heavy (non-hydrogen) atoms. The van der Waals surface area contributed by atoms with E-state index in [2.05, 4.69) is 15.2 Å². The molecule has 6 nitrogen and oxygen atoms in total. The van der Waals surface area contributed by atoms with Crippen LogP contribution in [0, 0.1) is 11.7 Å². The summed E-state index contributed by atoms with van der Waals surface area (Å²) in [5, 5.41) is 4.91. The summed E-state index contributed by atoms with van der Waals surface area (Å²) < 4.78 is 6.88. The highest BCUT2D eigenvalue weighted by molar-refractivity contribution is 7.71. The second-order valence-corrected chi connectivity index (χ2v) is 3.20. The van der Waals surface area contributed by atoms with E-state index in [0.29, 0.717) is 16.4 Å². The Morgan fingerprint density at radius 1 is 1.64 bits per heavy atom. The van der Waals surface area contributed by atoms with Gasteiger partial charge >= 0.3 is 5.69 Å². The van der Waals surface area contributed by atoms with Gasteiger partial charge in [-0.05, 0) is 19.1 Å². The van der Waals surface area contributed by atoms with Gasteiger partial charge in [0, 0.05) is 0 Å². The van der Waals surface area contributed by atoms with Crippen molar-refractivity contribution in [2.24, 2.45) is 0 Å². The maximum atomic E-state index is 11.2. The van der Waals surface area contributed by atoms with Crippen molar-refractivity contribution in [3.63, 3.8) is 0 Å². The summed E-state index contributed by atoms with van der Waals surface area (Å²) in [5.41, 5.74) is -0.300. The number of aromatic amines is 2. The van der Waals surface area contributed by atoms with E-state index in [0.717, 1.165) is 0 Å². The first-order valence-corrected chi connectivity index (χ1v) is 4.36. The van der Waals surface area contributed by atoms with Crippen LogP contribution in [-0.2, 0) is 6.54 Å². The van der Waals surface area contributed by atoms with Crippen molar-refractivity contribution in [3.8, 4) is 0 Å². The van der Waals surface area contributed by atoms with Crippen molar-refractivity contribution in [2.45, 2.75) is 13.5 Å². The quantitative estimate of drug-likeness (QED) is 0.713. The molecule has 0 aromatic carbocycles. The van der Waals surface area contributed by atoms with Gasteiger partial charge < -0.3 is 4.42 Å². The smallest absolute Gasteiger partial charge is 0.342 e. The highest BCUT2D eigenvalue weighted by atomic mass is 32.1. The molecule has 0 saturated carbocycles. The molecule has 7 heteroatoms. The molecule has 2 aromatic rings. The Kier molecular flexibility index (Phi) is 2.08. The first-order valence-electron chi connectivity index (χ1n) is 3.95. The van der Waals surface area contributed by atoms with Gasteiger partial charge in [0.15, 0.2) is 4.77 Å². The summed E-state index contributed by atoms with van der Waals surface area (Å²) in [5.74, 6) is 1.17. The number of nitrogens with one attached hydrogen (secondary N) is 2. The molecular formula is C7H8N4O2S. The van der Waals surface area contributed by atoms with Gasteiger partial charge in [0.1, 0.15) is 12.3 Å². The Balaban J connectivity index is 2.36. The lowest BCUT2D eigenvalue weighted by Crippen LogP contribution is -2.17. The third kappa shape index (κ3) is 1.53. The summed E-state index contributed by atoms with van der Waals surface area (Å²) >= 11 is 4.89. The standard InChI is InChI=1S/C7H8N4O2S/c1-4-2-8-5(13-4)3-11-6(12)9-10-7(11)14/h2H,3H2,1H3,(H,9,12)(H,10,14). The predicted molar refractivity (Wildman–Crippen MR) is 50.6 cm³/mol. The normalized spacial score (nSPS) is 10.6. The first kappa shape index (κ1) is 8.95. The summed E-state index contributed by atoms with van der Waals surface area (Å²) in [6.07, 6.45) is 1.60. The third-order valence-corrected chi connectivity index (χ3v) is 2.05. The first-order chi connectivity index (χ1) is 6.66. The molecule has 0 atom stereocenters. The maximum absolute atomic E-state index is 11.2. The molecule has 2 aromatic heterocycles. The van der Waals surface area contributed by atoms with Crippen molar-refractivity contribution in [1.82, 2.24) is 19.7 Å². The van der Waals surface area contributed by atoms with Crippen molar-refractivity contribution in [1.29, 1.82) is 0 Å². The van der Waals surface area contributed by atoms with Gasteiger partial charge in [-0.1, -0.05) is 0 Å². The van der Waals surface area contributed by atoms with Gasteiger partial charge in [0.25, 0.3) is 0 Å². The molecule has 2 rings (SSSR count). The van der Waals surface area contributed by atoms with Gasteiger partial charge in [-0.2, -0.15) is 0 Å². The number of nitrogens with zero attached hydrogens (tertiary/aromatic N) is 2. The summed E-state index contributed by atoms with van der Waals surface area (Å²) in [4.78, 5) is 15.2. The summed E-state index contributed by atoms with van der Waals surface area (Å²) in [7, 11) is 0. The van der Waals surface area contributed by atoms with E-state index in [4.69, 9.17) is 16.6 Å². The zero-order valence-corrected chi connectivity index (χ0v) is 8.22. The van der Waals surface area contributed by atoms with Crippen molar-refractivity contribution >= 4 is 12.2 Å². The van der Waals surface area contributed by atoms with E-state index in [1.54, 1.807) is 13.1 Å². The van der Waals surface area contributed by atoms with Crippen LogP contribution < -0.4 is 5.69 Å². The van der Waals surface area contributed by atoms with Gasteiger partial charge in [-0.15, -0.1) is 0 Å². The molecule has 74 valence electrons. The molecule has 0 aliphatic heterocycles. The third-order valence-electron chi connectivity index (χ3n) is 1.73.